The Hall–Kier alpha value is -7.05. The van der Waals surface area contributed by atoms with Crippen molar-refractivity contribution in [2.24, 2.45) is 5.73 Å². The molecule has 0 atom stereocenters. The van der Waals surface area contributed by atoms with E-state index in [0.29, 0.717) is 129 Å². The molecule has 0 spiro atoms. The van der Waals surface area contributed by atoms with Crippen LogP contribution in [-0.4, -0.2) is 129 Å². The van der Waals surface area contributed by atoms with E-state index in [1.807, 2.05) is 115 Å². The smallest absolute Gasteiger partial charge is 0.237 e. The summed E-state index contributed by atoms with van der Waals surface area (Å²) in [6.07, 6.45) is 7.96. The van der Waals surface area contributed by atoms with E-state index in [0.717, 1.165) is 92.3 Å². The number of nitrogens with zero attached hydrogens (tertiary/aromatic N) is 10. The maximum absolute atomic E-state index is 13.8. The number of carbonyl (C=O) groups is 2. The van der Waals surface area contributed by atoms with Crippen molar-refractivity contribution in [2.75, 3.05) is 67.8 Å². The molecule has 3 aliphatic heterocycles. The third-order valence-corrected chi connectivity index (χ3v) is 21.0. The van der Waals surface area contributed by atoms with E-state index in [4.69, 9.17) is 85.4 Å². The maximum Gasteiger partial charge on any atom is 0.237 e. The summed E-state index contributed by atoms with van der Waals surface area (Å²) in [5.41, 5.74) is 14.0. The summed E-state index contributed by atoms with van der Waals surface area (Å²) in [7, 11) is -3.76. The highest BCUT2D eigenvalue weighted by Crippen LogP contribution is 2.40. The van der Waals surface area contributed by atoms with E-state index >= 15 is 0 Å². The molecule has 13 rings (SSSR count). The van der Waals surface area contributed by atoms with E-state index in [9.17, 15) is 26.8 Å². The van der Waals surface area contributed by atoms with E-state index in [1.54, 1.807) is 47.4 Å². The number of amides is 1. The van der Waals surface area contributed by atoms with Crippen LogP contribution in [0.25, 0.3) is 45.2 Å². The Kier molecular flexibility index (Phi) is 23.3. The van der Waals surface area contributed by atoms with Crippen LogP contribution in [0.5, 0.6) is 0 Å². The summed E-state index contributed by atoms with van der Waals surface area (Å²) in [6.45, 7) is 9.02. The average Bonchev–Trinajstić information content (AvgIpc) is 1.51. The van der Waals surface area contributed by atoms with Crippen molar-refractivity contribution in [3.05, 3.63) is 233 Å². The normalized spacial score (nSPS) is 15.1. The zero-order chi connectivity index (χ0) is 69.6. The molecule has 3 fully saturated rings. The molecule has 26 heteroatoms. The van der Waals surface area contributed by atoms with Gasteiger partial charge in [-0.2, -0.15) is 5.10 Å². The van der Waals surface area contributed by atoms with E-state index in [-0.39, 0.29) is 23.4 Å². The SMILES string of the molecule is CCNC1(C(N)=O)CCN(c2ncnc3c2nc(-c2ccccc2Cl)n3-c2ccc(Cl)cc2)CC1.CCc1c(C(=O)CN2CCCCC2)nn(-c2ccc(Cl)cc2Cl)c1-c1ccc(Br)cc1.CS(=O)(=O)N(c1cc(F)cc(F)c1)C1CN(C(c2ccc(Cl)cc2)c2ccc(Cl)cc2)C1. The largest absolute Gasteiger partial charge is 0.368 e. The molecular formula is C72H69BrCl6F2N12O4S. The number of likely N-dealkylation sites (tertiary alicyclic amines) is 2. The summed E-state index contributed by atoms with van der Waals surface area (Å²) < 4.78 is 58.4. The molecule has 3 aromatic heterocycles. The van der Waals surface area contributed by atoms with Crippen molar-refractivity contribution in [3.63, 3.8) is 0 Å². The van der Waals surface area contributed by atoms with Gasteiger partial charge < -0.3 is 16.0 Å². The number of primary amides is 1. The number of rotatable bonds is 18. The number of nitrogens with one attached hydrogen (secondary N) is 1. The number of imidazole rings is 1. The second-order valence-corrected chi connectivity index (χ2v) is 29.5. The molecule has 10 aromatic rings. The molecule has 0 radical (unpaired) electrons. The van der Waals surface area contributed by atoms with Gasteiger partial charge >= 0.3 is 0 Å². The molecule has 6 heterocycles. The minimum absolute atomic E-state index is 0.0239. The number of hydrogen-bond donors (Lipinski definition) is 2. The molecule has 510 valence electrons. The van der Waals surface area contributed by atoms with Crippen LogP contribution in [-0.2, 0) is 21.2 Å². The first kappa shape index (κ1) is 72.2. The zero-order valence-corrected chi connectivity index (χ0v) is 60.6. The molecule has 0 bridgehead atoms. The van der Waals surface area contributed by atoms with Gasteiger partial charge in [-0.1, -0.05) is 154 Å². The molecule has 0 unspecified atom stereocenters. The summed E-state index contributed by atoms with van der Waals surface area (Å²) in [5, 5.41) is 11.6. The number of sulfonamides is 1. The van der Waals surface area contributed by atoms with Gasteiger partial charge in [-0.15, -0.1) is 0 Å². The fourth-order valence-corrected chi connectivity index (χ4v) is 15.5. The molecular weight excluding hydrogens is 1460 g/mol. The number of likely N-dealkylation sites (N-methyl/N-ethyl adjacent to an activating group) is 1. The molecule has 3 aliphatic rings. The van der Waals surface area contributed by atoms with Crippen LogP contribution in [0.3, 0.4) is 0 Å². The van der Waals surface area contributed by atoms with Crippen molar-refractivity contribution in [1.29, 1.82) is 0 Å². The van der Waals surface area contributed by atoms with Gasteiger partial charge in [-0.05, 0) is 166 Å². The average molecular weight is 1530 g/mol. The van der Waals surface area contributed by atoms with Gasteiger partial charge in [-0.3, -0.25) is 28.3 Å². The van der Waals surface area contributed by atoms with Gasteiger partial charge in [-0.25, -0.2) is 36.8 Å². The monoisotopic (exact) mass is 1520 g/mol. The molecule has 1 amide bonds. The lowest BCUT2D eigenvalue weighted by Gasteiger charge is -2.48. The standard InChI is InChI=1S/C25H25Cl2N7O.C24H24BrCl2N3O.C23H20Cl2F2N2O2S/c1-2-31-25(24(28)35)11-13-33(14-12-25)22-20-23(30-15-29-22)34(17-9-7-16(26)8-10-17)21(32-20)18-5-3-4-6-19(18)27;1-2-19-23(22(31)15-29-12-4-3-5-13-29)28-30(21-11-10-18(26)14-20(21)27)24(19)16-6-8-17(25)9-7-16;1-32(30,31)29(21-11-19(26)10-20(27)12-21)22-13-28(14-22)23(15-2-6-17(24)7-3-15)16-4-8-18(25)9-5-16/h3-10,15,31H,2,11-14H2,1H3,(H2,28,35);6-11,14H,2-5,12-13,15H2,1H3;2-12,22-23H,13-14H2,1H3. The molecule has 7 aromatic carbocycles. The number of halogens is 9. The van der Waals surface area contributed by atoms with Crippen molar-refractivity contribution < 1.29 is 26.8 Å². The third kappa shape index (κ3) is 16.4. The lowest BCUT2D eigenvalue weighted by atomic mass is 9.86. The first-order chi connectivity index (χ1) is 47.0. The number of fused-ring (bicyclic) bond motifs is 1. The van der Waals surface area contributed by atoms with Gasteiger partial charge in [0.2, 0.25) is 15.9 Å². The Bertz CT molecular complexity index is 4550. The second-order valence-electron chi connectivity index (χ2n) is 24.2. The highest BCUT2D eigenvalue weighted by Gasteiger charge is 2.42. The molecule has 16 nitrogen and oxygen atoms in total. The van der Waals surface area contributed by atoms with Crippen LogP contribution >= 0.6 is 85.5 Å². The Morgan fingerprint density at radius 3 is 1.88 bits per heavy atom. The van der Waals surface area contributed by atoms with Gasteiger partial charge in [0, 0.05) is 79.2 Å². The lowest BCUT2D eigenvalue weighted by molar-refractivity contribution is -0.125. The van der Waals surface area contributed by atoms with Crippen molar-refractivity contribution in [3.8, 4) is 34.0 Å². The molecule has 3 N–H and O–H groups in total. The van der Waals surface area contributed by atoms with Crippen molar-refractivity contribution in [2.45, 2.75) is 70.0 Å². The number of hydrogen-bond acceptors (Lipinski definition) is 12. The van der Waals surface area contributed by atoms with Crippen LogP contribution in [0.1, 0.15) is 79.2 Å². The molecule has 0 aliphatic carbocycles. The second kappa shape index (κ2) is 31.7. The molecule has 3 saturated heterocycles. The van der Waals surface area contributed by atoms with Crippen LogP contribution in [0.15, 0.2) is 169 Å². The van der Waals surface area contributed by atoms with Crippen molar-refractivity contribution >= 4 is 130 Å². The van der Waals surface area contributed by atoms with Crippen LogP contribution < -0.4 is 20.3 Å². The Morgan fingerprint density at radius 2 is 1.32 bits per heavy atom. The number of anilines is 2. The number of benzene rings is 7. The predicted octanol–water partition coefficient (Wildman–Crippen LogP) is 16.6. The third-order valence-electron chi connectivity index (χ3n) is 17.6. The minimum atomic E-state index is -3.76. The topological polar surface area (TPSA) is 181 Å². The fourth-order valence-electron chi connectivity index (χ4n) is 12.9. The zero-order valence-electron chi connectivity index (χ0n) is 53.6. The van der Waals surface area contributed by atoms with Gasteiger partial charge in [0.05, 0.1) is 52.0 Å². The Morgan fingerprint density at radius 1 is 0.724 bits per heavy atom. The van der Waals surface area contributed by atoms with Crippen LogP contribution in [0, 0.1) is 11.6 Å². The number of aromatic nitrogens is 6. The van der Waals surface area contributed by atoms with E-state index < -0.39 is 33.2 Å². The number of nitrogens with two attached hydrogens (primary N) is 1. The number of Topliss-reactive ketones (excluding diaryl/α,β-unsaturated/α-hetero) is 1. The summed E-state index contributed by atoms with van der Waals surface area (Å²) in [5.74, 6) is -0.549. The first-order valence-electron chi connectivity index (χ1n) is 31.9. The van der Waals surface area contributed by atoms with E-state index in [2.05, 4.69) is 52.8 Å². The maximum atomic E-state index is 13.8. The van der Waals surface area contributed by atoms with Gasteiger partial charge in [0.15, 0.2) is 22.8 Å². The number of ketones is 1. The summed E-state index contributed by atoms with van der Waals surface area (Å²) in [4.78, 5) is 46.2. The van der Waals surface area contributed by atoms with Crippen LogP contribution in [0.4, 0.5) is 20.3 Å². The van der Waals surface area contributed by atoms with Crippen molar-refractivity contribution in [1.82, 2.24) is 44.4 Å². The van der Waals surface area contributed by atoms with Gasteiger partial charge in [0.1, 0.15) is 35.0 Å². The molecule has 0 saturated carbocycles. The van der Waals surface area contributed by atoms with E-state index in [1.165, 1.54) is 6.42 Å². The Labute approximate surface area is 606 Å². The number of piperidine rings is 2. The Balaban J connectivity index is 0.000000149. The summed E-state index contributed by atoms with van der Waals surface area (Å²) in [6, 6.07) is 45.5. The molecule has 98 heavy (non-hydrogen) atoms. The first-order valence-corrected chi connectivity index (χ1v) is 36.8. The number of carbonyl (C=O) groups excluding carboxylic acids is 2. The highest BCUT2D eigenvalue weighted by atomic mass is 79.9. The minimum Gasteiger partial charge on any atom is -0.368 e. The fraction of sp³-hybridized carbons (Fsp3) is 0.278. The lowest BCUT2D eigenvalue weighted by Crippen LogP contribution is -2.61. The van der Waals surface area contributed by atoms with Gasteiger partial charge in [0.25, 0.3) is 0 Å². The highest BCUT2D eigenvalue weighted by molar-refractivity contribution is 9.10. The predicted molar refractivity (Wildman–Crippen MR) is 394 cm³/mol. The van der Waals surface area contributed by atoms with Crippen LogP contribution in [0.2, 0.25) is 30.1 Å². The quantitative estimate of drug-likeness (QED) is 0.0777. The summed E-state index contributed by atoms with van der Waals surface area (Å²) >= 11 is 41.0.